The maximum atomic E-state index is 11.2. The van der Waals surface area contributed by atoms with Crippen LogP contribution >= 0.6 is 11.6 Å². The third-order valence-electron chi connectivity index (χ3n) is 2.44. The summed E-state index contributed by atoms with van der Waals surface area (Å²) in [5.74, 6) is 0.616. The van der Waals surface area contributed by atoms with Crippen molar-refractivity contribution in [2.75, 3.05) is 11.9 Å². The number of benzene rings is 1. The highest BCUT2D eigenvalue weighted by atomic mass is 35.5. The Hall–Kier alpha value is -2.01. The number of aromatic nitrogens is 2. The molecule has 0 unspecified atom stereocenters. The number of nitrogens with one attached hydrogen (secondary N) is 2. The van der Waals surface area contributed by atoms with Crippen LogP contribution in [0.3, 0.4) is 0 Å². The number of rotatable bonds is 4. The first-order valence-corrected chi connectivity index (χ1v) is 5.79. The zero-order chi connectivity index (χ0) is 13.0. The number of hydrogen-bond acceptors (Lipinski definition) is 4. The van der Waals surface area contributed by atoms with Gasteiger partial charge in [0.25, 0.3) is 5.56 Å². The summed E-state index contributed by atoms with van der Waals surface area (Å²) in [6.45, 7) is 0.598. The van der Waals surface area contributed by atoms with Crippen LogP contribution in [0.15, 0.2) is 35.4 Å². The first-order valence-electron chi connectivity index (χ1n) is 5.42. The molecule has 0 aliphatic heterocycles. The van der Waals surface area contributed by atoms with Gasteiger partial charge in [0.2, 0.25) is 0 Å². The van der Waals surface area contributed by atoms with Crippen LogP contribution in [0.25, 0.3) is 0 Å². The third-order valence-corrected chi connectivity index (χ3v) is 2.79. The molecule has 5 nitrogen and oxygen atoms in total. The second-order valence-electron chi connectivity index (χ2n) is 3.74. The van der Waals surface area contributed by atoms with Gasteiger partial charge in [0.05, 0.1) is 6.33 Å². The van der Waals surface area contributed by atoms with Gasteiger partial charge in [-0.2, -0.15) is 0 Å². The molecule has 2 aromatic rings. The Morgan fingerprint density at radius 3 is 2.78 bits per heavy atom. The quantitative estimate of drug-likeness (QED) is 0.787. The highest BCUT2D eigenvalue weighted by Crippen LogP contribution is 2.13. The van der Waals surface area contributed by atoms with Crippen LogP contribution in [0, 0.1) is 0 Å². The van der Waals surface area contributed by atoms with Gasteiger partial charge in [-0.3, -0.25) is 4.79 Å². The summed E-state index contributed by atoms with van der Waals surface area (Å²) >= 11 is 5.79. The molecule has 1 aromatic heterocycles. The van der Waals surface area contributed by atoms with Crippen LogP contribution in [0.1, 0.15) is 5.56 Å². The molecule has 18 heavy (non-hydrogen) atoms. The molecule has 0 saturated heterocycles. The van der Waals surface area contributed by atoms with Crippen LogP contribution in [0.5, 0.6) is 5.75 Å². The number of aromatic hydroxyl groups is 1. The smallest absolute Gasteiger partial charge is 0.271 e. The average molecular weight is 266 g/mol. The van der Waals surface area contributed by atoms with E-state index in [1.165, 1.54) is 6.33 Å². The summed E-state index contributed by atoms with van der Waals surface area (Å²) < 4.78 is 0. The van der Waals surface area contributed by atoms with E-state index in [0.29, 0.717) is 12.4 Å². The normalized spacial score (nSPS) is 10.3. The molecule has 0 spiro atoms. The first-order chi connectivity index (χ1) is 8.66. The van der Waals surface area contributed by atoms with Gasteiger partial charge in [0.15, 0.2) is 5.82 Å². The molecule has 0 aliphatic rings. The predicted octanol–water partition coefficient (Wildman–Crippen LogP) is 1.78. The van der Waals surface area contributed by atoms with Crippen LogP contribution < -0.4 is 10.9 Å². The molecule has 94 valence electrons. The molecule has 0 radical (unpaired) electrons. The Labute approximate surface area is 108 Å². The van der Waals surface area contributed by atoms with Gasteiger partial charge in [-0.25, -0.2) is 4.98 Å². The fourth-order valence-electron chi connectivity index (χ4n) is 1.49. The van der Waals surface area contributed by atoms with Crippen molar-refractivity contribution in [2.45, 2.75) is 6.42 Å². The molecule has 2 rings (SSSR count). The molecule has 0 saturated carbocycles. The molecule has 0 amide bonds. The average Bonchev–Trinajstić information content (AvgIpc) is 2.37. The Morgan fingerprint density at radius 1 is 1.33 bits per heavy atom. The Bertz CT molecular complexity index is 581. The molecule has 0 atom stereocenters. The summed E-state index contributed by atoms with van der Waals surface area (Å²) in [5, 5.41) is 12.2. The molecule has 0 fully saturated rings. The number of phenolic OH excluding ortho intramolecular Hbond substituents is 1. The lowest BCUT2D eigenvalue weighted by molar-refractivity contribution is 0.475. The number of phenols is 1. The maximum Gasteiger partial charge on any atom is 0.271 e. The largest absolute Gasteiger partial charge is 0.508 e. The first kappa shape index (κ1) is 12.4. The highest BCUT2D eigenvalue weighted by molar-refractivity contribution is 6.32. The van der Waals surface area contributed by atoms with E-state index in [-0.39, 0.29) is 16.3 Å². The van der Waals surface area contributed by atoms with Gasteiger partial charge in [0.1, 0.15) is 10.8 Å². The lowest BCUT2D eigenvalue weighted by atomic mass is 10.1. The van der Waals surface area contributed by atoms with Crippen molar-refractivity contribution in [1.82, 2.24) is 9.97 Å². The van der Waals surface area contributed by atoms with E-state index in [9.17, 15) is 4.79 Å². The molecule has 1 heterocycles. The van der Waals surface area contributed by atoms with E-state index in [1.54, 1.807) is 12.1 Å². The van der Waals surface area contributed by atoms with Gasteiger partial charge in [-0.1, -0.05) is 23.7 Å². The molecular weight excluding hydrogens is 254 g/mol. The Morgan fingerprint density at radius 2 is 2.06 bits per heavy atom. The van der Waals surface area contributed by atoms with Crippen molar-refractivity contribution < 1.29 is 5.11 Å². The molecule has 6 heteroatoms. The van der Waals surface area contributed by atoms with E-state index in [2.05, 4.69) is 15.3 Å². The van der Waals surface area contributed by atoms with Gasteiger partial charge in [-0.05, 0) is 24.1 Å². The van der Waals surface area contributed by atoms with Crippen LogP contribution in [0.2, 0.25) is 5.02 Å². The lowest BCUT2D eigenvalue weighted by Gasteiger charge is -2.06. The standard InChI is InChI=1S/C12H12ClN3O2/c13-10-11(15-7-16-12(10)18)14-6-5-8-1-3-9(17)4-2-8/h1-4,7,17H,5-6H2,(H2,14,15,16,18). The predicted molar refractivity (Wildman–Crippen MR) is 70.2 cm³/mol. The number of anilines is 1. The summed E-state index contributed by atoms with van der Waals surface area (Å²) in [5.41, 5.74) is 0.708. The minimum Gasteiger partial charge on any atom is -0.508 e. The summed E-state index contributed by atoms with van der Waals surface area (Å²) in [6.07, 6.45) is 2.04. The fraction of sp³-hybridized carbons (Fsp3) is 0.167. The number of nitrogens with zero attached hydrogens (tertiary/aromatic N) is 1. The van der Waals surface area contributed by atoms with Crippen LogP contribution in [-0.4, -0.2) is 21.6 Å². The van der Waals surface area contributed by atoms with Crippen molar-refractivity contribution in [3.63, 3.8) is 0 Å². The van der Waals surface area contributed by atoms with Crippen molar-refractivity contribution in [3.8, 4) is 5.75 Å². The molecule has 1 aromatic carbocycles. The molecule has 3 N–H and O–H groups in total. The van der Waals surface area contributed by atoms with Crippen molar-refractivity contribution in [2.24, 2.45) is 0 Å². The maximum absolute atomic E-state index is 11.2. The second kappa shape index (κ2) is 5.55. The number of hydrogen-bond donors (Lipinski definition) is 3. The Kier molecular flexibility index (Phi) is 3.84. The molecule has 0 bridgehead atoms. The molecular formula is C12H12ClN3O2. The van der Waals surface area contributed by atoms with E-state index in [4.69, 9.17) is 16.7 Å². The van der Waals surface area contributed by atoms with Gasteiger partial charge < -0.3 is 15.4 Å². The highest BCUT2D eigenvalue weighted by Gasteiger charge is 2.04. The van der Waals surface area contributed by atoms with Crippen molar-refractivity contribution >= 4 is 17.4 Å². The Balaban J connectivity index is 1.94. The third kappa shape index (κ3) is 3.01. The van der Waals surface area contributed by atoms with Crippen molar-refractivity contribution in [3.05, 3.63) is 51.5 Å². The lowest BCUT2D eigenvalue weighted by Crippen LogP contribution is -2.13. The van der Waals surface area contributed by atoms with Gasteiger partial charge in [0, 0.05) is 6.54 Å². The van der Waals surface area contributed by atoms with Crippen LogP contribution in [0.4, 0.5) is 5.82 Å². The summed E-state index contributed by atoms with van der Waals surface area (Å²) in [4.78, 5) is 17.5. The van der Waals surface area contributed by atoms with Gasteiger partial charge in [-0.15, -0.1) is 0 Å². The minimum atomic E-state index is -0.362. The van der Waals surface area contributed by atoms with Crippen molar-refractivity contribution in [1.29, 1.82) is 0 Å². The number of halogens is 1. The monoisotopic (exact) mass is 265 g/mol. The summed E-state index contributed by atoms with van der Waals surface area (Å²) in [7, 11) is 0. The second-order valence-corrected chi connectivity index (χ2v) is 4.12. The number of aromatic amines is 1. The van der Waals surface area contributed by atoms with Crippen LogP contribution in [-0.2, 0) is 6.42 Å². The van der Waals surface area contributed by atoms with Gasteiger partial charge >= 0.3 is 0 Å². The van der Waals surface area contributed by atoms with E-state index in [0.717, 1.165) is 12.0 Å². The minimum absolute atomic E-state index is 0.0585. The zero-order valence-electron chi connectivity index (χ0n) is 9.48. The number of H-pyrrole nitrogens is 1. The van der Waals surface area contributed by atoms with E-state index >= 15 is 0 Å². The fourth-order valence-corrected chi connectivity index (χ4v) is 1.66. The summed E-state index contributed by atoms with van der Waals surface area (Å²) in [6, 6.07) is 6.94. The molecule has 0 aliphatic carbocycles. The van der Waals surface area contributed by atoms with E-state index < -0.39 is 0 Å². The topological polar surface area (TPSA) is 78.0 Å². The zero-order valence-corrected chi connectivity index (χ0v) is 10.2. The van der Waals surface area contributed by atoms with E-state index in [1.807, 2.05) is 12.1 Å². The SMILES string of the molecule is O=c1[nH]cnc(NCCc2ccc(O)cc2)c1Cl.